The number of aryl methyl sites for hydroxylation is 1. The zero-order valence-corrected chi connectivity index (χ0v) is 15.3. The van der Waals surface area contributed by atoms with E-state index in [1.807, 2.05) is 65.4 Å². The van der Waals surface area contributed by atoms with E-state index in [1.54, 1.807) is 6.20 Å². The molecule has 0 aliphatic heterocycles. The summed E-state index contributed by atoms with van der Waals surface area (Å²) in [4.78, 5) is 27.2. The van der Waals surface area contributed by atoms with Crippen molar-refractivity contribution in [2.45, 2.75) is 25.4 Å². The molecule has 3 N–H and O–H groups in total. The Kier molecular flexibility index (Phi) is 4.85. The first-order valence-corrected chi connectivity index (χ1v) is 9.23. The molecule has 6 nitrogen and oxygen atoms in total. The van der Waals surface area contributed by atoms with Crippen molar-refractivity contribution in [3.63, 3.8) is 0 Å². The molecule has 28 heavy (non-hydrogen) atoms. The van der Waals surface area contributed by atoms with Crippen LogP contribution in [-0.4, -0.2) is 32.6 Å². The summed E-state index contributed by atoms with van der Waals surface area (Å²) >= 11 is 0. The Balaban J connectivity index is 1.41. The van der Waals surface area contributed by atoms with Crippen LogP contribution in [0.2, 0.25) is 0 Å². The van der Waals surface area contributed by atoms with Crippen LogP contribution in [0.15, 0.2) is 67.0 Å². The molecule has 0 radical (unpaired) electrons. The van der Waals surface area contributed by atoms with Crippen LogP contribution in [0.5, 0.6) is 0 Å². The second-order valence-electron chi connectivity index (χ2n) is 6.84. The van der Waals surface area contributed by atoms with Crippen LogP contribution < -0.4 is 5.32 Å². The molecule has 0 aliphatic carbocycles. The van der Waals surface area contributed by atoms with Crippen LogP contribution in [0, 0.1) is 0 Å². The molecule has 2 heterocycles. The van der Waals surface area contributed by atoms with Gasteiger partial charge in [0.25, 0.3) is 0 Å². The van der Waals surface area contributed by atoms with Gasteiger partial charge >= 0.3 is 5.97 Å². The molecule has 1 atom stereocenters. The number of aromatic nitrogens is 2. The quantitative estimate of drug-likeness (QED) is 0.463. The first kappa shape index (κ1) is 17.9. The molecule has 1 amide bonds. The maximum Gasteiger partial charge on any atom is 0.326 e. The zero-order valence-electron chi connectivity index (χ0n) is 15.3. The van der Waals surface area contributed by atoms with Gasteiger partial charge in [0.05, 0.1) is 0 Å². The molecule has 142 valence electrons. The monoisotopic (exact) mass is 375 g/mol. The molecule has 4 rings (SSSR count). The number of carbonyl (C=O) groups excluding carboxylic acids is 1. The van der Waals surface area contributed by atoms with Gasteiger partial charge in [0.1, 0.15) is 6.04 Å². The molecule has 6 heteroatoms. The minimum Gasteiger partial charge on any atom is -0.480 e. The van der Waals surface area contributed by atoms with Gasteiger partial charge in [0, 0.05) is 48.2 Å². The van der Waals surface area contributed by atoms with Gasteiger partial charge in [-0.25, -0.2) is 4.79 Å². The average Bonchev–Trinajstić information content (AvgIpc) is 3.30. The molecule has 2 aromatic heterocycles. The Labute approximate surface area is 161 Å². The summed E-state index contributed by atoms with van der Waals surface area (Å²) in [5, 5.41) is 14.3. The van der Waals surface area contributed by atoms with E-state index in [1.165, 1.54) is 0 Å². The van der Waals surface area contributed by atoms with E-state index in [0.717, 1.165) is 27.4 Å². The number of carboxylic acid groups (broad SMARTS) is 1. The Morgan fingerprint density at radius 1 is 1.07 bits per heavy atom. The van der Waals surface area contributed by atoms with Gasteiger partial charge in [0.2, 0.25) is 5.91 Å². The van der Waals surface area contributed by atoms with Gasteiger partial charge in [-0.15, -0.1) is 0 Å². The average molecular weight is 375 g/mol. The lowest BCUT2D eigenvalue weighted by atomic mass is 10.0. The fourth-order valence-corrected chi connectivity index (χ4v) is 3.54. The number of carbonyl (C=O) groups is 2. The molecule has 1 unspecified atom stereocenters. The number of benzene rings is 2. The lowest BCUT2D eigenvalue weighted by Crippen LogP contribution is -2.42. The lowest BCUT2D eigenvalue weighted by molar-refractivity contribution is -0.141. The molecule has 0 saturated carbocycles. The highest BCUT2D eigenvalue weighted by Crippen LogP contribution is 2.19. The summed E-state index contributed by atoms with van der Waals surface area (Å²) in [5.74, 6) is -1.31. The molecule has 2 aromatic carbocycles. The third-order valence-corrected chi connectivity index (χ3v) is 4.99. The zero-order chi connectivity index (χ0) is 19.5. The van der Waals surface area contributed by atoms with E-state index >= 15 is 0 Å². The summed E-state index contributed by atoms with van der Waals surface area (Å²) in [7, 11) is 0. The van der Waals surface area contributed by atoms with Gasteiger partial charge in [0.15, 0.2) is 0 Å². The second-order valence-corrected chi connectivity index (χ2v) is 6.84. The van der Waals surface area contributed by atoms with Crippen molar-refractivity contribution in [2.75, 3.05) is 0 Å². The number of amides is 1. The minimum atomic E-state index is -1.04. The summed E-state index contributed by atoms with van der Waals surface area (Å²) in [6, 6.07) is 16.7. The third-order valence-electron chi connectivity index (χ3n) is 4.99. The number of H-pyrrole nitrogens is 1. The third kappa shape index (κ3) is 3.62. The first-order valence-electron chi connectivity index (χ1n) is 9.23. The van der Waals surface area contributed by atoms with E-state index in [-0.39, 0.29) is 18.7 Å². The Morgan fingerprint density at radius 3 is 2.71 bits per heavy atom. The van der Waals surface area contributed by atoms with Gasteiger partial charge in [-0.2, -0.15) is 0 Å². The summed E-state index contributed by atoms with van der Waals surface area (Å²) in [6.07, 6.45) is 4.20. The van der Waals surface area contributed by atoms with Crippen LogP contribution in [-0.2, 0) is 22.6 Å². The van der Waals surface area contributed by atoms with Crippen LogP contribution in [0.1, 0.15) is 12.0 Å². The number of nitrogens with one attached hydrogen (secondary N) is 2. The smallest absolute Gasteiger partial charge is 0.326 e. The number of hydrogen-bond donors (Lipinski definition) is 3. The molecule has 0 spiro atoms. The predicted molar refractivity (Wildman–Crippen MR) is 108 cm³/mol. The van der Waals surface area contributed by atoms with E-state index in [0.29, 0.717) is 6.54 Å². The highest BCUT2D eigenvalue weighted by Gasteiger charge is 2.21. The molecule has 0 bridgehead atoms. The topological polar surface area (TPSA) is 87.1 Å². The standard InChI is InChI=1S/C22H21N3O3/c26-21(10-12-25-11-9-15-5-1-4-8-20(15)25)24-19(22(27)28)13-16-14-23-18-7-3-2-6-17(16)18/h1-9,11,14,19,23H,10,12-13H2,(H,24,26)(H,27,28). The van der Waals surface area contributed by atoms with Crippen LogP contribution in [0.3, 0.4) is 0 Å². The van der Waals surface area contributed by atoms with E-state index in [9.17, 15) is 14.7 Å². The molecule has 0 fully saturated rings. The Morgan fingerprint density at radius 2 is 1.86 bits per heavy atom. The van der Waals surface area contributed by atoms with E-state index in [4.69, 9.17) is 0 Å². The number of aliphatic carboxylic acids is 1. The Hall–Kier alpha value is -3.54. The van der Waals surface area contributed by atoms with E-state index in [2.05, 4.69) is 10.3 Å². The maximum absolute atomic E-state index is 12.4. The number of carboxylic acids is 1. The van der Waals surface area contributed by atoms with Crippen LogP contribution in [0.4, 0.5) is 0 Å². The van der Waals surface area contributed by atoms with Crippen molar-refractivity contribution in [1.29, 1.82) is 0 Å². The van der Waals surface area contributed by atoms with E-state index < -0.39 is 12.0 Å². The summed E-state index contributed by atoms with van der Waals surface area (Å²) in [6.45, 7) is 0.499. The number of fused-ring (bicyclic) bond motifs is 2. The molecule has 4 aromatic rings. The van der Waals surface area contributed by atoms with Crippen LogP contribution >= 0.6 is 0 Å². The van der Waals surface area contributed by atoms with Crippen molar-refractivity contribution in [1.82, 2.24) is 14.9 Å². The number of nitrogens with zero attached hydrogens (tertiary/aromatic N) is 1. The van der Waals surface area contributed by atoms with Crippen molar-refractivity contribution in [3.8, 4) is 0 Å². The molecular weight excluding hydrogens is 354 g/mol. The van der Waals surface area contributed by atoms with Crippen molar-refractivity contribution in [3.05, 3.63) is 72.6 Å². The van der Waals surface area contributed by atoms with Gasteiger partial charge < -0.3 is 20.0 Å². The normalized spacial score (nSPS) is 12.3. The SMILES string of the molecule is O=C(CCn1ccc2ccccc21)NC(Cc1c[nH]c2ccccc12)C(=O)O. The van der Waals surface area contributed by atoms with Crippen molar-refractivity contribution in [2.24, 2.45) is 0 Å². The predicted octanol–water partition coefficient (Wildman–Crippen LogP) is 3.32. The largest absolute Gasteiger partial charge is 0.480 e. The summed E-state index contributed by atoms with van der Waals surface area (Å²) in [5.41, 5.74) is 2.89. The van der Waals surface area contributed by atoms with Crippen molar-refractivity contribution < 1.29 is 14.7 Å². The fraction of sp³-hybridized carbons (Fsp3) is 0.182. The number of para-hydroxylation sites is 2. The maximum atomic E-state index is 12.4. The highest BCUT2D eigenvalue weighted by atomic mass is 16.4. The van der Waals surface area contributed by atoms with Gasteiger partial charge in [-0.05, 0) is 29.1 Å². The van der Waals surface area contributed by atoms with Crippen LogP contribution in [0.25, 0.3) is 21.8 Å². The fourth-order valence-electron chi connectivity index (χ4n) is 3.54. The highest BCUT2D eigenvalue weighted by molar-refractivity contribution is 5.87. The second kappa shape index (κ2) is 7.60. The lowest BCUT2D eigenvalue weighted by Gasteiger charge is -2.14. The number of rotatable bonds is 7. The first-order chi connectivity index (χ1) is 13.6. The Bertz CT molecular complexity index is 1140. The van der Waals surface area contributed by atoms with Gasteiger partial charge in [-0.3, -0.25) is 4.79 Å². The molecule has 0 saturated heterocycles. The molecule has 0 aliphatic rings. The number of aromatic amines is 1. The molecular formula is C22H21N3O3. The minimum absolute atomic E-state index is 0.219. The van der Waals surface area contributed by atoms with Gasteiger partial charge in [-0.1, -0.05) is 36.4 Å². The number of hydrogen-bond acceptors (Lipinski definition) is 2. The van der Waals surface area contributed by atoms with Crippen molar-refractivity contribution >= 4 is 33.7 Å². The summed E-state index contributed by atoms with van der Waals surface area (Å²) < 4.78 is 2.00.